The van der Waals surface area contributed by atoms with Crippen molar-refractivity contribution >= 4 is 17.3 Å². The summed E-state index contributed by atoms with van der Waals surface area (Å²) in [6.45, 7) is 6.81. The van der Waals surface area contributed by atoms with E-state index in [4.69, 9.17) is 5.11 Å². The summed E-state index contributed by atoms with van der Waals surface area (Å²) in [6.07, 6.45) is 1.37. The van der Waals surface area contributed by atoms with E-state index in [1.807, 2.05) is 11.8 Å². The molecule has 104 valence electrons. The first-order valence-corrected chi connectivity index (χ1v) is 6.88. The molecule has 1 atom stereocenters. The van der Waals surface area contributed by atoms with Gasteiger partial charge >= 0.3 is 0 Å². The van der Waals surface area contributed by atoms with Gasteiger partial charge in [0.15, 0.2) is 0 Å². The predicted molar refractivity (Wildman–Crippen MR) is 77.7 cm³/mol. The third-order valence-corrected chi connectivity index (χ3v) is 3.74. The molecular formula is C15H22N2O2. The van der Waals surface area contributed by atoms with Gasteiger partial charge < -0.3 is 15.3 Å². The maximum atomic E-state index is 12.4. The molecule has 1 heterocycles. The van der Waals surface area contributed by atoms with Crippen LogP contribution in [0.4, 0.5) is 11.4 Å². The average molecular weight is 262 g/mol. The van der Waals surface area contributed by atoms with Crippen LogP contribution in [-0.2, 0) is 4.79 Å². The number of hydrogen-bond acceptors (Lipinski definition) is 3. The molecule has 4 nitrogen and oxygen atoms in total. The van der Waals surface area contributed by atoms with Crippen LogP contribution in [0.15, 0.2) is 12.1 Å². The molecule has 1 aromatic carbocycles. The fourth-order valence-corrected chi connectivity index (χ4v) is 2.43. The molecule has 1 aliphatic heterocycles. The van der Waals surface area contributed by atoms with Crippen molar-refractivity contribution < 1.29 is 9.90 Å². The molecule has 0 bridgehead atoms. The Labute approximate surface area is 114 Å². The standard InChI is InChI=1S/C15H22N2O2/c1-4-12-15(19)17(6-5-7-18)14-9-11(3)10(2)8-13(14)16-12/h8-9,12,16,18H,4-7H2,1-3H3. The second kappa shape index (κ2) is 5.61. The molecule has 2 rings (SSSR count). The highest BCUT2D eigenvalue weighted by Crippen LogP contribution is 2.34. The minimum Gasteiger partial charge on any atom is -0.396 e. The molecule has 0 fully saturated rings. The van der Waals surface area contributed by atoms with Gasteiger partial charge in [0.05, 0.1) is 11.4 Å². The zero-order valence-electron chi connectivity index (χ0n) is 11.9. The molecular weight excluding hydrogens is 240 g/mol. The molecule has 0 saturated heterocycles. The van der Waals surface area contributed by atoms with Crippen LogP contribution in [0.3, 0.4) is 0 Å². The van der Waals surface area contributed by atoms with Gasteiger partial charge in [0.1, 0.15) is 6.04 Å². The molecule has 0 spiro atoms. The normalized spacial score (nSPS) is 18.2. The highest BCUT2D eigenvalue weighted by Gasteiger charge is 2.31. The second-order valence-corrected chi connectivity index (χ2v) is 5.13. The summed E-state index contributed by atoms with van der Waals surface area (Å²) in [5, 5.41) is 12.3. The number of anilines is 2. The maximum Gasteiger partial charge on any atom is 0.249 e. The van der Waals surface area contributed by atoms with Crippen molar-refractivity contribution in [3.8, 4) is 0 Å². The average Bonchev–Trinajstić information content (AvgIpc) is 2.39. The maximum absolute atomic E-state index is 12.4. The summed E-state index contributed by atoms with van der Waals surface area (Å²) >= 11 is 0. The van der Waals surface area contributed by atoms with E-state index in [1.165, 1.54) is 11.1 Å². The Morgan fingerprint density at radius 3 is 2.63 bits per heavy atom. The van der Waals surface area contributed by atoms with Crippen LogP contribution in [0.2, 0.25) is 0 Å². The van der Waals surface area contributed by atoms with Crippen LogP contribution in [0.1, 0.15) is 30.9 Å². The van der Waals surface area contributed by atoms with Crippen LogP contribution in [-0.4, -0.2) is 30.2 Å². The van der Waals surface area contributed by atoms with Crippen molar-refractivity contribution in [3.05, 3.63) is 23.3 Å². The number of aliphatic hydroxyl groups excluding tert-OH is 1. The van der Waals surface area contributed by atoms with Crippen molar-refractivity contribution in [1.82, 2.24) is 0 Å². The van der Waals surface area contributed by atoms with E-state index in [1.54, 1.807) is 0 Å². The number of rotatable bonds is 4. The molecule has 19 heavy (non-hydrogen) atoms. The zero-order valence-corrected chi connectivity index (χ0v) is 11.9. The Kier molecular flexibility index (Phi) is 4.10. The van der Waals surface area contributed by atoms with E-state index >= 15 is 0 Å². The number of benzene rings is 1. The molecule has 0 saturated carbocycles. The minimum absolute atomic E-state index is 0.103. The molecule has 0 radical (unpaired) electrons. The fraction of sp³-hybridized carbons (Fsp3) is 0.533. The van der Waals surface area contributed by atoms with Gasteiger partial charge in [-0.15, -0.1) is 0 Å². The summed E-state index contributed by atoms with van der Waals surface area (Å²) in [7, 11) is 0. The number of nitrogens with one attached hydrogen (secondary N) is 1. The van der Waals surface area contributed by atoms with Gasteiger partial charge in [0, 0.05) is 13.2 Å². The third-order valence-electron chi connectivity index (χ3n) is 3.74. The lowest BCUT2D eigenvalue weighted by Crippen LogP contribution is -2.47. The van der Waals surface area contributed by atoms with Gasteiger partial charge in [-0.05, 0) is 49.9 Å². The summed E-state index contributed by atoms with van der Waals surface area (Å²) in [5.74, 6) is 0.103. The summed E-state index contributed by atoms with van der Waals surface area (Å²) in [4.78, 5) is 14.2. The highest BCUT2D eigenvalue weighted by molar-refractivity contribution is 6.05. The molecule has 1 aromatic rings. The van der Waals surface area contributed by atoms with Crippen molar-refractivity contribution in [1.29, 1.82) is 0 Å². The minimum atomic E-state index is -0.159. The van der Waals surface area contributed by atoms with Crippen molar-refractivity contribution in [3.63, 3.8) is 0 Å². The lowest BCUT2D eigenvalue weighted by Gasteiger charge is -2.35. The third kappa shape index (κ3) is 2.59. The van der Waals surface area contributed by atoms with Crippen LogP contribution in [0.25, 0.3) is 0 Å². The van der Waals surface area contributed by atoms with Gasteiger partial charge in [-0.25, -0.2) is 0 Å². The topological polar surface area (TPSA) is 52.6 Å². The Balaban J connectivity index is 2.42. The largest absolute Gasteiger partial charge is 0.396 e. The van der Waals surface area contributed by atoms with E-state index in [9.17, 15) is 4.79 Å². The van der Waals surface area contributed by atoms with Crippen LogP contribution in [0, 0.1) is 13.8 Å². The molecule has 1 amide bonds. The van der Waals surface area contributed by atoms with Crippen molar-refractivity contribution in [2.45, 2.75) is 39.7 Å². The first-order valence-electron chi connectivity index (χ1n) is 6.88. The number of hydrogen-bond donors (Lipinski definition) is 2. The van der Waals surface area contributed by atoms with Gasteiger partial charge in [0.25, 0.3) is 0 Å². The fourth-order valence-electron chi connectivity index (χ4n) is 2.43. The lowest BCUT2D eigenvalue weighted by atomic mass is 10.0. The Morgan fingerprint density at radius 1 is 1.32 bits per heavy atom. The number of aryl methyl sites for hydroxylation is 2. The van der Waals surface area contributed by atoms with E-state index in [0.717, 1.165) is 17.8 Å². The van der Waals surface area contributed by atoms with Crippen molar-refractivity contribution in [2.75, 3.05) is 23.4 Å². The quantitative estimate of drug-likeness (QED) is 0.875. The first kappa shape index (κ1) is 13.9. The Hall–Kier alpha value is -1.55. The summed E-state index contributed by atoms with van der Waals surface area (Å²) in [6, 6.07) is 4.00. The predicted octanol–water partition coefficient (Wildman–Crippen LogP) is 2.22. The van der Waals surface area contributed by atoms with Gasteiger partial charge in [0.2, 0.25) is 5.91 Å². The number of fused-ring (bicyclic) bond motifs is 1. The summed E-state index contributed by atoms with van der Waals surface area (Å²) in [5.41, 5.74) is 4.36. The van der Waals surface area contributed by atoms with E-state index < -0.39 is 0 Å². The molecule has 0 aliphatic carbocycles. The van der Waals surface area contributed by atoms with Crippen LogP contribution in [0.5, 0.6) is 0 Å². The number of amides is 1. The number of carbonyl (C=O) groups excluding carboxylic acids is 1. The summed E-state index contributed by atoms with van der Waals surface area (Å²) < 4.78 is 0. The molecule has 0 aromatic heterocycles. The second-order valence-electron chi connectivity index (χ2n) is 5.13. The molecule has 1 unspecified atom stereocenters. The first-order chi connectivity index (χ1) is 9.08. The van der Waals surface area contributed by atoms with E-state index in [2.05, 4.69) is 31.3 Å². The Bertz CT molecular complexity index is 485. The number of nitrogens with zero attached hydrogens (tertiary/aromatic N) is 1. The Morgan fingerprint density at radius 2 is 2.00 bits per heavy atom. The van der Waals surface area contributed by atoms with Crippen molar-refractivity contribution in [2.24, 2.45) is 0 Å². The lowest BCUT2D eigenvalue weighted by molar-refractivity contribution is -0.119. The number of aliphatic hydroxyl groups is 1. The zero-order chi connectivity index (χ0) is 14.0. The van der Waals surface area contributed by atoms with Gasteiger partial charge in [-0.2, -0.15) is 0 Å². The molecule has 1 aliphatic rings. The SMILES string of the molecule is CCC1Nc2cc(C)c(C)cc2N(CCCO)C1=O. The van der Waals surface area contributed by atoms with Crippen LogP contribution < -0.4 is 10.2 Å². The van der Waals surface area contributed by atoms with Gasteiger partial charge in [-0.3, -0.25) is 4.79 Å². The molecule has 2 N–H and O–H groups in total. The monoisotopic (exact) mass is 262 g/mol. The number of carbonyl (C=O) groups is 1. The van der Waals surface area contributed by atoms with Gasteiger partial charge in [-0.1, -0.05) is 6.92 Å². The smallest absolute Gasteiger partial charge is 0.249 e. The van der Waals surface area contributed by atoms with Crippen LogP contribution >= 0.6 is 0 Å². The van der Waals surface area contributed by atoms with E-state index in [-0.39, 0.29) is 18.6 Å². The van der Waals surface area contributed by atoms with E-state index in [0.29, 0.717) is 13.0 Å². The highest BCUT2D eigenvalue weighted by atomic mass is 16.3. The molecule has 4 heteroatoms.